The zero-order valence-electron chi connectivity index (χ0n) is 12.5. The molecule has 3 atom stereocenters. The first-order chi connectivity index (χ1) is 9.90. The van der Waals surface area contributed by atoms with Gasteiger partial charge in [0.2, 0.25) is 5.76 Å². The maximum absolute atomic E-state index is 12.6. The third kappa shape index (κ3) is 3.61. The largest absolute Gasteiger partial charge is 0.388 e. The maximum atomic E-state index is 12.6. The molecule has 0 aromatic carbocycles. The number of hydrogen-bond acceptors (Lipinski definition) is 6. The molecule has 0 radical (unpaired) electrons. The fourth-order valence-electron chi connectivity index (χ4n) is 2.41. The summed E-state index contributed by atoms with van der Waals surface area (Å²) in [6.45, 7) is 6.36. The normalized spacial score (nSPS) is 26.1. The predicted octanol–water partition coefficient (Wildman–Crippen LogP) is 0.202. The first-order valence-corrected chi connectivity index (χ1v) is 7.08. The van der Waals surface area contributed by atoms with Crippen molar-refractivity contribution in [2.24, 2.45) is 5.92 Å². The van der Waals surface area contributed by atoms with E-state index in [1.807, 2.05) is 13.8 Å². The number of aliphatic hydroxyl groups excluding tert-OH is 2. The van der Waals surface area contributed by atoms with Crippen molar-refractivity contribution in [2.45, 2.75) is 39.0 Å². The third-order valence-electron chi connectivity index (χ3n) is 3.43. The lowest BCUT2D eigenvalue weighted by atomic mass is 10.0. The van der Waals surface area contributed by atoms with Crippen LogP contribution in [0.5, 0.6) is 0 Å². The zero-order valence-corrected chi connectivity index (χ0v) is 12.5. The van der Waals surface area contributed by atoms with Gasteiger partial charge >= 0.3 is 0 Å². The molecule has 2 rings (SSSR count). The second-order valence-electron chi connectivity index (χ2n) is 5.85. The molecule has 1 amide bonds. The Morgan fingerprint density at radius 3 is 2.76 bits per heavy atom. The number of hydrogen-bond donors (Lipinski definition) is 2. The Balaban J connectivity index is 2.23. The molecule has 7 heteroatoms. The van der Waals surface area contributed by atoms with E-state index in [4.69, 9.17) is 9.26 Å². The quantitative estimate of drug-likeness (QED) is 0.824. The summed E-state index contributed by atoms with van der Waals surface area (Å²) in [6, 6.07) is 0.955. The fraction of sp³-hybridized carbons (Fsp3) is 0.714. The van der Waals surface area contributed by atoms with E-state index >= 15 is 0 Å². The van der Waals surface area contributed by atoms with E-state index in [-0.39, 0.29) is 30.8 Å². The van der Waals surface area contributed by atoms with Gasteiger partial charge in [-0.2, -0.15) is 0 Å². The van der Waals surface area contributed by atoms with Gasteiger partial charge in [-0.1, -0.05) is 19.0 Å². The van der Waals surface area contributed by atoms with Crippen LogP contribution in [0.2, 0.25) is 0 Å². The molecule has 118 valence electrons. The van der Waals surface area contributed by atoms with Crippen molar-refractivity contribution in [3.05, 3.63) is 17.5 Å². The van der Waals surface area contributed by atoms with E-state index in [0.29, 0.717) is 12.2 Å². The molecule has 1 aliphatic heterocycles. The van der Waals surface area contributed by atoms with Gasteiger partial charge in [0, 0.05) is 12.6 Å². The third-order valence-corrected chi connectivity index (χ3v) is 3.43. The van der Waals surface area contributed by atoms with E-state index in [2.05, 4.69) is 5.16 Å². The molecule has 1 fully saturated rings. The lowest BCUT2D eigenvalue weighted by Gasteiger charge is -2.39. The van der Waals surface area contributed by atoms with Crippen LogP contribution in [0.3, 0.4) is 0 Å². The van der Waals surface area contributed by atoms with Crippen molar-refractivity contribution in [1.82, 2.24) is 10.1 Å². The number of aliphatic hydroxyl groups is 2. The van der Waals surface area contributed by atoms with Crippen molar-refractivity contribution in [3.8, 4) is 0 Å². The van der Waals surface area contributed by atoms with Crippen LogP contribution in [0.15, 0.2) is 10.6 Å². The molecule has 0 bridgehead atoms. The van der Waals surface area contributed by atoms with E-state index in [0.717, 1.165) is 0 Å². The van der Waals surface area contributed by atoms with Crippen molar-refractivity contribution >= 4 is 5.91 Å². The first kappa shape index (κ1) is 15.9. The molecule has 1 aliphatic rings. The molecule has 7 nitrogen and oxygen atoms in total. The van der Waals surface area contributed by atoms with Gasteiger partial charge in [-0.3, -0.25) is 4.79 Å². The number of carbonyl (C=O) groups is 1. The van der Waals surface area contributed by atoms with Crippen LogP contribution in [0.25, 0.3) is 0 Å². The topological polar surface area (TPSA) is 96.0 Å². The predicted molar refractivity (Wildman–Crippen MR) is 73.7 cm³/mol. The molecule has 21 heavy (non-hydrogen) atoms. The Morgan fingerprint density at radius 2 is 2.19 bits per heavy atom. The standard InChI is InChI=1S/C14H22N2O5/c1-8(2)5-16(10-6-20-7-11(17)13(10)18)14(19)12-4-9(3)15-21-12/h4,8,10-11,13,17-18H,5-7H2,1-3H3/t10-,11-,13+/m1/s1. The smallest absolute Gasteiger partial charge is 0.292 e. The number of aryl methyl sites for hydroxylation is 1. The van der Waals surface area contributed by atoms with Crippen LogP contribution in [0.4, 0.5) is 0 Å². The molecule has 0 spiro atoms. The van der Waals surface area contributed by atoms with Crippen LogP contribution < -0.4 is 0 Å². The van der Waals surface area contributed by atoms with Gasteiger partial charge in [-0.05, 0) is 12.8 Å². The zero-order chi connectivity index (χ0) is 15.6. The molecule has 0 unspecified atom stereocenters. The van der Waals surface area contributed by atoms with Crippen molar-refractivity contribution in [1.29, 1.82) is 0 Å². The monoisotopic (exact) mass is 298 g/mol. The molecule has 2 heterocycles. The summed E-state index contributed by atoms with van der Waals surface area (Å²) in [5.41, 5.74) is 0.614. The molecule has 0 saturated carbocycles. The number of ether oxygens (including phenoxy) is 1. The highest BCUT2D eigenvalue weighted by Crippen LogP contribution is 2.19. The summed E-state index contributed by atoms with van der Waals surface area (Å²) in [6.07, 6.45) is -2.03. The van der Waals surface area contributed by atoms with Crippen LogP contribution in [-0.4, -0.2) is 64.2 Å². The van der Waals surface area contributed by atoms with E-state index in [1.54, 1.807) is 13.0 Å². The van der Waals surface area contributed by atoms with Gasteiger partial charge < -0.3 is 24.4 Å². The summed E-state index contributed by atoms with van der Waals surface area (Å²) in [4.78, 5) is 14.1. The molecule has 0 aliphatic carbocycles. The highest BCUT2D eigenvalue weighted by molar-refractivity contribution is 5.91. The molecule has 1 saturated heterocycles. The Bertz CT molecular complexity index is 487. The van der Waals surface area contributed by atoms with Gasteiger partial charge in [0.25, 0.3) is 5.91 Å². The fourth-order valence-corrected chi connectivity index (χ4v) is 2.41. The maximum Gasteiger partial charge on any atom is 0.292 e. The van der Waals surface area contributed by atoms with E-state index in [9.17, 15) is 15.0 Å². The summed E-state index contributed by atoms with van der Waals surface area (Å²) in [5.74, 6) is -0.0318. The highest BCUT2D eigenvalue weighted by Gasteiger charge is 2.38. The Kier molecular flexibility index (Phi) is 4.97. The molecular formula is C14H22N2O5. The highest BCUT2D eigenvalue weighted by atomic mass is 16.5. The summed E-state index contributed by atoms with van der Waals surface area (Å²) >= 11 is 0. The molecule has 1 aromatic heterocycles. The van der Waals surface area contributed by atoms with Crippen LogP contribution >= 0.6 is 0 Å². The second-order valence-corrected chi connectivity index (χ2v) is 5.85. The Hall–Kier alpha value is -1.44. The average Bonchev–Trinajstić information content (AvgIpc) is 2.85. The number of carbonyl (C=O) groups excluding carboxylic acids is 1. The minimum Gasteiger partial charge on any atom is -0.388 e. The first-order valence-electron chi connectivity index (χ1n) is 7.08. The minimum absolute atomic E-state index is 0.0722. The average molecular weight is 298 g/mol. The van der Waals surface area contributed by atoms with Gasteiger partial charge in [0.1, 0.15) is 12.2 Å². The molecule has 2 N–H and O–H groups in total. The van der Waals surface area contributed by atoms with Crippen LogP contribution in [0.1, 0.15) is 30.1 Å². The number of amides is 1. The SMILES string of the molecule is Cc1cc(C(=O)N(CC(C)C)[C@@H]2COC[C@@H](O)[C@H]2O)on1. The Morgan fingerprint density at radius 1 is 1.48 bits per heavy atom. The summed E-state index contributed by atoms with van der Waals surface area (Å²) in [7, 11) is 0. The summed E-state index contributed by atoms with van der Waals surface area (Å²) < 4.78 is 10.3. The van der Waals surface area contributed by atoms with Gasteiger partial charge in [-0.15, -0.1) is 0 Å². The van der Waals surface area contributed by atoms with Crippen LogP contribution in [-0.2, 0) is 4.74 Å². The lowest BCUT2D eigenvalue weighted by Crippen LogP contribution is -2.58. The van der Waals surface area contributed by atoms with E-state index < -0.39 is 18.2 Å². The minimum atomic E-state index is -1.04. The molecule has 1 aromatic rings. The van der Waals surface area contributed by atoms with Crippen LogP contribution in [0, 0.1) is 12.8 Å². The Labute approximate surface area is 123 Å². The van der Waals surface area contributed by atoms with Gasteiger partial charge in [0.05, 0.1) is 24.9 Å². The number of nitrogens with zero attached hydrogens (tertiary/aromatic N) is 2. The van der Waals surface area contributed by atoms with E-state index in [1.165, 1.54) is 4.90 Å². The summed E-state index contributed by atoms with van der Waals surface area (Å²) in [5, 5.41) is 23.6. The van der Waals surface area contributed by atoms with Gasteiger partial charge in [-0.25, -0.2) is 0 Å². The molecular weight excluding hydrogens is 276 g/mol. The van der Waals surface area contributed by atoms with Gasteiger partial charge in [0.15, 0.2) is 0 Å². The number of rotatable bonds is 4. The second kappa shape index (κ2) is 6.55. The lowest BCUT2D eigenvalue weighted by molar-refractivity contribution is -0.126. The van der Waals surface area contributed by atoms with Crippen molar-refractivity contribution in [3.63, 3.8) is 0 Å². The van der Waals surface area contributed by atoms with Crippen molar-refractivity contribution in [2.75, 3.05) is 19.8 Å². The number of aromatic nitrogens is 1. The van der Waals surface area contributed by atoms with Crippen molar-refractivity contribution < 1.29 is 24.3 Å².